The van der Waals surface area contributed by atoms with Gasteiger partial charge in [-0.3, -0.25) is 0 Å². The third-order valence-corrected chi connectivity index (χ3v) is 3.05. The van der Waals surface area contributed by atoms with E-state index in [2.05, 4.69) is 6.92 Å². The Bertz CT molecular complexity index is 540. The molecule has 0 aliphatic heterocycles. The number of aliphatic hydroxyl groups is 1. The number of aryl methyl sites for hydroxylation is 1. The third kappa shape index (κ3) is 3.48. The molecule has 0 saturated heterocycles. The Morgan fingerprint density at radius 2 is 1.95 bits per heavy atom. The van der Waals surface area contributed by atoms with E-state index in [9.17, 15) is 5.11 Å². The lowest BCUT2D eigenvalue weighted by Crippen LogP contribution is -2.10. The summed E-state index contributed by atoms with van der Waals surface area (Å²) in [4.78, 5) is 0. The first-order chi connectivity index (χ1) is 9.20. The minimum absolute atomic E-state index is 0.223. The molecular formula is C16H19NO2. The van der Waals surface area contributed by atoms with Crippen LogP contribution in [-0.4, -0.2) is 11.7 Å². The Balaban J connectivity index is 2.02. The fourth-order valence-corrected chi connectivity index (χ4v) is 1.97. The Kier molecular flexibility index (Phi) is 4.42. The predicted octanol–water partition coefficient (Wildman–Crippen LogP) is 2.94. The van der Waals surface area contributed by atoms with Crippen molar-refractivity contribution in [1.82, 2.24) is 0 Å². The van der Waals surface area contributed by atoms with E-state index < -0.39 is 6.10 Å². The van der Waals surface area contributed by atoms with E-state index in [4.69, 9.17) is 10.5 Å². The molecule has 0 heterocycles. The number of benzene rings is 2. The van der Waals surface area contributed by atoms with Crippen molar-refractivity contribution < 1.29 is 9.84 Å². The quantitative estimate of drug-likeness (QED) is 0.810. The van der Waals surface area contributed by atoms with Crippen molar-refractivity contribution in [3.05, 3.63) is 59.7 Å². The topological polar surface area (TPSA) is 55.5 Å². The zero-order valence-corrected chi connectivity index (χ0v) is 11.0. The molecule has 0 aliphatic rings. The van der Waals surface area contributed by atoms with Gasteiger partial charge in [-0.05, 0) is 35.7 Å². The maximum atomic E-state index is 10.1. The largest absolute Gasteiger partial charge is 0.490 e. The fourth-order valence-electron chi connectivity index (χ4n) is 1.97. The van der Waals surface area contributed by atoms with Crippen LogP contribution in [0.5, 0.6) is 5.75 Å². The van der Waals surface area contributed by atoms with Crippen molar-refractivity contribution in [2.24, 2.45) is 0 Å². The van der Waals surface area contributed by atoms with Crippen molar-refractivity contribution in [1.29, 1.82) is 0 Å². The maximum Gasteiger partial charge on any atom is 0.122 e. The number of hydrogen-bond donors (Lipinski definition) is 2. The highest BCUT2D eigenvalue weighted by molar-refractivity contribution is 5.41. The number of hydrogen-bond acceptors (Lipinski definition) is 3. The Hall–Kier alpha value is -2.00. The van der Waals surface area contributed by atoms with Crippen LogP contribution < -0.4 is 10.5 Å². The average Bonchev–Trinajstić information content (AvgIpc) is 2.45. The summed E-state index contributed by atoms with van der Waals surface area (Å²) >= 11 is 0. The second-order valence-corrected chi connectivity index (χ2v) is 4.46. The van der Waals surface area contributed by atoms with Gasteiger partial charge in [-0.15, -0.1) is 0 Å². The normalized spacial score (nSPS) is 12.1. The van der Waals surface area contributed by atoms with Crippen LogP contribution in [0, 0.1) is 0 Å². The molecule has 100 valence electrons. The molecule has 1 unspecified atom stereocenters. The molecule has 2 aromatic rings. The molecule has 1 atom stereocenters. The summed E-state index contributed by atoms with van der Waals surface area (Å²) in [6.45, 7) is 2.30. The van der Waals surface area contributed by atoms with E-state index in [0.29, 0.717) is 5.69 Å². The summed E-state index contributed by atoms with van der Waals surface area (Å²) in [6, 6.07) is 15.1. The SMILES string of the molecule is CCc1ccccc1OCC(O)c1cccc(N)c1. The van der Waals surface area contributed by atoms with Gasteiger partial charge in [0.25, 0.3) is 0 Å². The van der Waals surface area contributed by atoms with Gasteiger partial charge in [0.1, 0.15) is 18.5 Å². The van der Waals surface area contributed by atoms with Gasteiger partial charge in [0.15, 0.2) is 0 Å². The van der Waals surface area contributed by atoms with Crippen molar-refractivity contribution in [2.75, 3.05) is 12.3 Å². The number of rotatable bonds is 5. The summed E-state index contributed by atoms with van der Waals surface area (Å²) < 4.78 is 5.69. The van der Waals surface area contributed by atoms with Crippen LogP contribution in [-0.2, 0) is 6.42 Å². The van der Waals surface area contributed by atoms with Crippen LogP contribution in [0.1, 0.15) is 24.2 Å². The van der Waals surface area contributed by atoms with E-state index in [-0.39, 0.29) is 6.61 Å². The first-order valence-electron chi connectivity index (χ1n) is 6.45. The van der Waals surface area contributed by atoms with Gasteiger partial charge in [-0.2, -0.15) is 0 Å². The molecule has 0 spiro atoms. The van der Waals surface area contributed by atoms with Gasteiger partial charge in [-0.1, -0.05) is 37.3 Å². The van der Waals surface area contributed by atoms with Crippen LogP contribution in [0.15, 0.2) is 48.5 Å². The number of anilines is 1. The monoisotopic (exact) mass is 257 g/mol. The molecule has 0 saturated carbocycles. The molecule has 3 N–H and O–H groups in total. The Morgan fingerprint density at radius 1 is 1.16 bits per heavy atom. The molecule has 0 aromatic heterocycles. The molecule has 0 bridgehead atoms. The van der Waals surface area contributed by atoms with Gasteiger partial charge in [0.05, 0.1) is 0 Å². The van der Waals surface area contributed by atoms with Gasteiger partial charge in [-0.25, -0.2) is 0 Å². The molecule has 19 heavy (non-hydrogen) atoms. The Morgan fingerprint density at radius 3 is 2.68 bits per heavy atom. The molecule has 0 aliphatic carbocycles. The summed E-state index contributed by atoms with van der Waals surface area (Å²) in [6.07, 6.45) is 0.235. The summed E-state index contributed by atoms with van der Waals surface area (Å²) in [5, 5.41) is 10.1. The molecule has 2 aromatic carbocycles. The highest BCUT2D eigenvalue weighted by Gasteiger charge is 2.09. The number of nitrogen functional groups attached to an aromatic ring is 1. The van der Waals surface area contributed by atoms with Gasteiger partial charge in [0, 0.05) is 5.69 Å². The zero-order chi connectivity index (χ0) is 13.7. The number of ether oxygens (including phenoxy) is 1. The number of para-hydroxylation sites is 1. The van der Waals surface area contributed by atoms with Gasteiger partial charge < -0.3 is 15.6 Å². The van der Waals surface area contributed by atoms with E-state index in [1.165, 1.54) is 0 Å². The second-order valence-electron chi connectivity index (χ2n) is 4.46. The standard InChI is InChI=1S/C16H19NO2/c1-2-12-6-3-4-9-16(12)19-11-15(18)13-7-5-8-14(17)10-13/h3-10,15,18H,2,11,17H2,1H3. The van der Waals surface area contributed by atoms with Crippen molar-refractivity contribution in [3.8, 4) is 5.75 Å². The molecule has 2 rings (SSSR count). The van der Waals surface area contributed by atoms with Crippen LogP contribution in [0.3, 0.4) is 0 Å². The lowest BCUT2D eigenvalue weighted by atomic mass is 10.1. The van der Waals surface area contributed by atoms with Crippen LogP contribution in [0.2, 0.25) is 0 Å². The van der Waals surface area contributed by atoms with E-state index in [1.807, 2.05) is 36.4 Å². The molecule has 0 fully saturated rings. The van der Waals surface area contributed by atoms with E-state index in [1.54, 1.807) is 12.1 Å². The third-order valence-electron chi connectivity index (χ3n) is 3.05. The first-order valence-corrected chi connectivity index (χ1v) is 6.45. The predicted molar refractivity (Wildman–Crippen MR) is 77.1 cm³/mol. The maximum absolute atomic E-state index is 10.1. The number of nitrogens with two attached hydrogens (primary N) is 1. The lowest BCUT2D eigenvalue weighted by molar-refractivity contribution is 0.107. The molecule has 0 amide bonds. The highest BCUT2D eigenvalue weighted by Crippen LogP contribution is 2.21. The lowest BCUT2D eigenvalue weighted by Gasteiger charge is -2.15. The van der Waals surface area contributed by atoms with Gasteiger partial charge >= 0.3 is 0 Å². The van der Waals surface area contributed by atoms with Crippen molar-refractivity contribution in [3.63, 3.8) is 0 Å². The van der Waals surface area contributed by atoms with E-state index >= 15 is 0 Å². The minimum Gasteiger partial charge on any atom is -0.490 e. The van der Waals surface area contributed by atoms with Crippen molar-refractivity contribution >= 4 is 5.69 Å². The summed E-state index contributed by atoms with van der Waals surface area (Å²) in [5.74, 6) is 0.827. The molecular weight excluding hydrogens is 238 g/mol. The summed E-state index contributed by atoms with van der Waals surface area (Å²) in [7, 11) is 0. The summed E-state index contributed by atoms with van der Waals surface area (Å²) in [5.41, 5.74) is 8.25. The Labute approximate surface area is 113 Å². The van der Waals surface area contributed by atoms with Crippen molar-refractivity contribution in [2.45, 2.75) is 19.4 Å². The smallest absolute Gasteiger partial charge is 0.122 e. The number of aliphatic hydroxyl groups excluding tert-OH is 1. The zero-order valence-electron chi connectivity index (χ0n) is 11.0. The van der Waals surface area contributed by atoms with Crippen LogP contribution >= 0.6 is 0 Å². The second kappa shape index (κ2) is 6.25. The van der Waals surface area contributed by atoms with Gasteiger partial charge in [0.2, 0.25) is 0 Å². The average molecular weight is 257 g/mol. The molecule has 3 heteroatoms. The highest BCUT2D eigenvalue weighted by atomic mass is 16.5. The molecule has 0 radical (unpaired) electrons. The molecule has 3 nitrogen and oxygen atoms in total. The van der Waals surface area contributed by atoms with Crippen LogP contribution in [0.25, 0.3) is 0 Å². The fraction of sp³-hybridized carbons (Fsp3) is 0.250. The minimum atomic E-state index is -0.673. The van der Waals surface area contributed by atoms with E-state index in [0.717, 1.165) is 23.3 Å². The first kappa shape index (κ1) is 13.4. The van der Waals surface area contributed by atoms with Crippen LogP contribution in [0.4, 0.5) is 5.69 Å².